The van der Waals surface area contributed by atoms with E-state index in [0.717, 1.165) is 4.88 Å². The number of alkyl halides is 1. The minimum atomic E-state index is -0.472. The maximum absolute atomic E-state index is 12.0. The SMILES string of the molecule is Cc1ccc([C@@H](N)CF)s1. The summed E-state index contributed by atoms with van der Waals surface area (Å²) in [5.41, 5.74) is 5.44. The van der Waals surface area contributed by atoms with Gasteiger partial charge < -0.3 is 5.73 Å². The van der Waals surface area contributed by atoms with E-state index in [1.165, 1.54) is 4.88 Å². The Kier molecular flexibility index (Phi) is 2.40. The first-order valence-corrected chi connectivity index (χ1v) is 3.93. The molecule has 1 aromatic rings. The zero-order valence-electron chi connectivity index (χ0n) is 5.80. The van der Waals surface area contributed by atoms with Crippen LogP contribution in [0, 0.1) is 6.92 Å². The monoisotopic (exact) mass is 159 g/mol. The summed E-state index contributed by atoms with van der Waals surface area (Å²) in [4.78, 5) is 2.11. The van der Waals surface area contributed by atoms with E-state index in [1.54, 1.807) is 11.3 Å². The molecule has 0 fully saturated rings. The number of hydrogen-bond donors (Lipinski definition) is 1. The lowest BCUT2D eigenvalue weighted by Gasteiger charge is -2.00. The normalized spacial score (nSPS) is 13.5. The fraction of sp³-hybridized carbons (Fsp3) is 0.429. The molecular formula is C7H10FNS. The summed E-state index contributed by atoms with van der Waals surface area (Å²) < 4.78 is 12.0. The van der Waals surface area contributed by atoms with E-state index >= 15 is 0 Å². The molecule has 1 nitrogen and oxygen atoms in total. The van der Waals surface area contributed by atoms with Gasteiger partial charge in [0.2, 0.25) is 0 Å². The molecule has 1 heterocycles. The van der Waals surface area contributed by atoms with E-state index in [-0.39, 0.29) is 0 Å². The second-order valence-electron chi connectivity index (χ2n) is 2.21. The predicted octanol–water partition coefficient (Wildman–Crippen LogP) is 2.03. The van der Waals surface area contributed by atoms with Gasteiger partial charge in [0.25, 0.3) is 0 Å². The van der Waals surface area contributed by atoms with Crippen molar-refractivity contribution in [2.45, 2.75) is 13.0 Å². The molecule has 0 aliphatic heterocycles. The van der Waals surface area contributed by atoms with Crippen LogP contribution >= 0.6 is 11.3 Å². The van der Waals surface area contributed by atoms with Crippen LogP contribution in [0.3, 0.4) is 0 Å². The summed E-state index contributed by atoms with van der Waals surface area (Å²) in [6, 6.07) is 3.42. The van der Waals surface area contributed by atoms with Crippen molar-refractivity contribution in [1.29, 1.82) is 0 Å². The van der Waals surface area contributed by atoms with Gasteiger partial charge in [-0.3, -0.25) is 0 Å². The topological polar surface area (TPSA) is 26.0 Å². The molecule has 0 unspecified atom stereocenters. The molecular weight excluding hydrogens is 149 g/mol. The Bertz CT molecular complexity index is 209. The van der Waals surface area contributed by atoms with Gasteiger partial charge in [-0.1, -0.05) is 0 Å². The van der Waals surface area contributed by atoms with Crippen LogP contribution in [0.4, 0.5) is 4.39 Å². The predicted molar refractivity (Wildman–Crippen MR) is 42.0 cm³/mol. The zero-order chi connectivity index (χ0) is 7.56. The summed E-state index contributed by atoms with van der Waals surface area (Å²) in [6.45, 7) is 1.51. The lowest BCUT2D eigenvalue weighted by molar-refractivity contribution is 0.440. The van der Waals surface area contributed by atoms with E-state index in [2.05, 4.69) is 0 Å². The zero-order valence-corrected chi connectivity index (χ0v) is 6.62. The third-order valence-corrected chi connectivity index (χ3v) is 2.43. The van der Waals surface area contributed by atoms with Crippen LogP contribution in [0.15, 0.2) is 12.1 Å². The van der Waals surface area contributed by atoms with E-state index < -0.39 is 12.7 Å². The Hall–Kier alpha value is -0.410. The third kappa shape index (κ3) is 1.55. The van der Waals surface area contributed by atoms with Crippen LogP contribution in [-0.2, 0) is 0 Å². The molecule has 0 aromatic carbocycles. The minimum absolute atomic E-state index is 0.418. The first-order valence-electron chi connectivity index (χ1n) is 3.12. The van der Waals surface area contributed by atoms with Gasteiger partial charge in [0, 0.05) is 9.75 Å². The van der Waals surface area contributed by atoms with Crippen molar-refractivity contribution in [3.8, 4) is 0 Å². The Labute approximate surface area is 63.7 Å². The fourth-order valence-corrected chi connectivity index (χ4v) is 1.59. The summed E-state index contributed by atoms with van der Waals surface area (Å²) in [5.74, 6) is 0. The van der Waals surface area contributed by atoms with Gasteiger partial charge in [0.05, 0.1) is 6.04 Å². The van der Waals surface area contributed by atoms with E-state index in [4.69, 9.17) is 5.73 Å². The van der Waals surface area contributed by atoms with E-state index in [1.807, 2.05) is 19.1 Å². The summed E-state index contributed by atoms with van der Waals surface area (Å²) in [6.07, 6.45) is 0. The molecule has 3 heteroatoms. The number of rotatable bonds is 2. The number of aryl methyl sites for hydroxylation is 1. The molecule has 0 aliphatic carbocycles. The van der Waals surface area contributed by atoms with Crippen LogP contribution in [0.5, 0.6) is 0 Å². The average molecular weight is 159 g/mol. The Balaban J connectivity index is 2.74. The molecule has 0 radical (unpaired) electrons. The molecule has 0 spiro atoms. The molecule has 0 bridgehead atoms. The van der Waals surface area contributed by atoms with Crippen LogP contribution < -0.4 is 5.73 Å². The molecule has 10 heavy (non-hydrogen) atoms. The van der Waals surface area contributed by atoms with E-state index in [0.29, 0.717) is 0 Å². The third-order valence-electron chi connectivity index (χ3n) is 1.29. The molecule has 1 atom stereocenters. The van der Waals surface area contributed by atoms with Gasteiger partial charge in [0.15, 0.2) is 0 Å². The van der Waals surface area contributed by atoms with Gasteiger partial charge >= 0.3 is 0 Å². The highest BCUT2D eigenvalue weighted by atomic mass is 32.1. The van der Waals surface area contributed by atoms with Gasteiger partial charge in [-0.2, -0.15) is 0 Å². The maximum Gasteiger partial charge on any atom is 0.109 e. The highest BCUT2D eigenvalue weighted by Crippen LogP contribution is 2.20. The van der Waals surface area contributed by atoms with Crippen molar-refractivity contribution in [2.24, 2.45) is 5.73 Å². The van der Waals surface area contributed by atoms with Gasteiger partial charge in [-0.25, -0.2) is 4.39 Å². The Morgan fingerprint density at radius 3 is 2.80 bits per heavy atom. The molecule has 0 saturated heterocycles. The first kappa shape index (κ1) is 7.69. The van der Waals surface area contributed by atoms with Crippen LogP contribution in [0.2, 0.25) is 0 Å². The average Bonchev–Trinajstić information content (AvgIpc) is 2.34. The quantitative estimate of drug-likeness (QED) is 0.702. The highest BCUT2D eigenvalue weighted by Gasteiger charge is 2.05. The number of hydrogen-bond acceptors (Lipinski definition) is 2. The lowest BCUT2D eigenvalue weighted by Crippen LogP contribution is -2.09. The van der Waals surface area contributed by atoms with Crippen molar-refractivity contribution in [3.05, 3.63) is 21.9 Å². The lowest BCUT2D eigenvalue weighted by atomic mass is 10.3. The maximum atomic E-state index is 12.0. The number of nitrogens with two attached hydrogens (primary N) is 1. The van der Waals surface area contributed by atoms with Gasteiger partial charge in [-0.05, 0) is 19.1 Å². The summed E-state index contributed by atoms with van der Waals surface area (Å²) in [7, 11) is 0. The Morgan fingerprint density at radius 1 is 1.70 bits per heavy atom. The standard InChI is InChI=1S/C7H10FNS/c1-5-2-3-7(10-5)6(9)4-8/h2-3,6H,4,9H2,1H3/t6-/m0/s1. The molecule has 1 rings (SSSR count). The summed E-state index contributed by atoms with van der Waals surface area (Å²) in [5, 5.41) is 0. The highest BCUT2D eigenvalue weighted by molar-refractivity contribution is 7.12. The van der Waals surface area contributed by atoms with Crippen LogP contribution in [-0.4, -0.2) is 6.67 Å². The molecule has 2 N–H and O–H groups in total. The Morgan fingerprint density at radius 2 is 2.40 bits per heavy atom. The second kappa shape index (κ2) is 3.12. The molecule has 0 aliphatic rings. The second-order valence-corrected chi connectivity index (χ2v) is 3.53. The first-order chi connectivity index (χ1) is 4.74. The molecule has 1 aromatic heterocycles. The largest absolute Gasteiger partial charge is 0.321 e. The van der Waals surface area contributed by atoms with Crippen molar-refractivity contribution in [2.75, 3.05) is 6.67 Å². The van der Waals surface area contributed by atoms with Gasteiger partial charge in [-0.15, -0.1) is 11.3 Å². The van der Waals surface area contributed by atoms with Crippen molar-refractivity contribution >= 4 is 11.3 Å². The molecule has 0 amide bonds. The van der Waals surface area contributed by atoms with E-state index in [9.17, 15) is 4.39 Å². The van der Waals surface area contributed by atoms with Crippen LogP contribution in [0.25, 0.3) is 0 Å². The van der Waals surface area contributed by atoms with Crippen molar-refractivity contribution in [1.82, 2.24) is 0 Å². The van der Waals surface area contributed by atoms with Gasteiger partial charge in [0.1, 0.15) is 6.67 Å². The molecule has 56 valence electrons. The van der Waals surface area contributed by atoms with Crippen LogP contribution in [0.1, 0.15) is 15.8 Å². The number of thiophene rings is 1. The minimum Gasteiger partial charge on any atom is -0.321 e. The fourth-order valence-electron chi connectivity index (χ4n) is 0.729. The van der Waals surface area contributed by atoms with Crippen molar-refractivity contribution in [3.63, 3.8) is 0 Å². The number of halogens is 1. The smallest absolute Gasteiger partial charge is 0.109 e. The summed E-state index contributed by atoms with van der Waals surface area (Å²) >= 11 is 1.56. The van der Waals surface area contributed by atoms with Crippen molar-refractivity contribution < 1.29 is 4.39 Å². The molecule has 0 saturated carbocycles.